The van der Waals surface area contributed by atoms with Crippen LogP contribution < -0.4 is 9.46 Å². The van der Waals surface area contributed by atoms with Gasteiger partial charge in [0.1, 0.15) is 11.0 Å². The van der Waals surface area contributed by atoms with E-state index in [1.807, 2.05) is 18.2 Å². The van der Waals surface area contributed by atoms with Crippen LogP contribution in [0, 0.1) is 0 Å². The van der Waals surface area contributed by atoms with E-state index in [1.54, 1.807) is 4.90 Å². The summed E-state index contributed by atoms with van der Waals surface area (Å²) in [6.07, 6.45) is 4.65. The summed E-state index contributed by atoms with van der Waals surface area (Å²) in [7, 11) is -3.48. The summed E-state index contributed by atoms with van der Waals surface area (Å²) in [6.45, 7) is 1.21. The molecule has 1 amide bonds. The number of ether oxygens (including phenoxy) is 3. The number of fused-ring (bicyclic) bond motifs is 5. The van der Waals surface area contributed by atoms with Crippen LogP contribution in [0.1, 0.15) is 43.6 Å². The van der Waals surface area contributed by atoms with Crippen LogP contribution in [0.4, 0.5) is 0 Å². The molecule has 2 atom stereocenters. The van der Waals surface area contributed by atoms with Crippen LogP contribution in [0.3, 0.4) is 0 Å². The van der Waals surface area contributed by atoms with Crippen LogP contribution in [0.5, 0.6) is 5.75 Å². The first-order valence-electron chi connectivity index (χ1n) is 11.2. The van der Waals surface area contributed by atoms with Crippen molar-refractivity contribution < 1.29 is 27.4 Å². The molecule has 2 saturated heterocycles. The molecule has 3 fully saturated rings. The molecule has 1 aromatic carbocycles. The van der Waals surface area contributed by atoms with E-state index in [0.29, 0.717) is 25.5 Å². The lowest BCUT2D eigenvalue weighted by molar-refractivity contribution is -0.136. The molecular weight excluding hydrogens is 420 g/mol. The van der Waals surface area contributed by atoms with E-state index in [2.05, 4.69) is 10.8 Å². The lowest BCUT2D eigenvalue weighted by Crippen LogP contribution is -2.54. The predicted molar refractivity (Wildman–Crippen MR) is 113 cm³/mol. The van der Waals surface area contributed by atoms with E-state index < -0.39 is 15.3 Å². The van der Waals surface area contributed by atoms with Gasteiger partial charge in [0.25, 0.3) is 5.91 Å². The van der Waals surface area contributed by atoms with Gasteiger partial charge in [0, 0.05) is 12.6 Å². The Balaban J connectivity index is 1.37. The molecule has 4 aliphatic heterocycles. The topological polar surface area (TPSA) is 94.2 Å². The number of nitrogens with one attached hydrogen (secondary N) is 1. The summed E-state index contributed by atoms with van der Waals surface area (Å²) in [5.74, 6) is 1.05. The number of hydrogen-bond donors (Lipinski definition) is 1. The van der Waals surface area contributed by atoms with E-state index in [1.165, 1.54) is 5.56 Å². The number of carbonyl (C=O) groups excluding carboxylic acids is 1. The molecule has 1 aliphatic carbocycles. The van der Waals surface area contributed by atoms with E-state index in [-0.39, 0.29) is 43.9 Å². The van der Waals surface area contributed by atoms with Crippen LogP contribution in [0.2, 0.25) is 0 Å². The normalized spacial score (nSPS) is 32.1. The molecule has 1 N–H and O–H groups in total. The monoisotopic (exact) mass is 450 g/mol. The van der Waals surface area contributed by atoms with Crippen LogP contribution in [0.15, 0.2) is 24.3 Å². The molecule has 1 aromatic rings. The minimum atomic E-state index is -3.48. The van der Waals surface area contributed by atoms with Gasteiger partial charge in [-0.25, -0.2) is 13.1 Å². The molecule has 9 heteroatoms. The first kappa shape index (κ1) is 21.2. The van der Waals surface area contributed by atoms with Gasteiger partial charge < -0.3 is 19.1 Å². The number of sulfonamides is 1. The highest BCUT2D eigenvalue weighted by atomic mass is 32.2. The summed E-state index contributed by atoms with van der Waals surface area (Å²) in [5.41, 5.74) is 1.17. The van der Waals surface area contributed by atoms with Gasteiger partial charge >= 0.3 is 0 Å². The number of hydrogen-bond acceptors (Lipinski definition) is 6. The van der Waals surface area contributed by atoms with Crippen molar-refractivity contribution >= 4 is 15.9 Å². The maximum atomic E-state index is 13.0. The number of carbonyl (C=O) groups is 1. The van der Waals surface area contributed by atoms with E-state index in [0.717, 1.165) is 31.4 Å². The van der Waals surface area contributed by atoms with Crippen molar-refractivity contribution in [1.82, 2.24) is 9.62 Å². The SMILES string of the molecule is O=C1COc2ccccc2[C@H]2CC[C@H](CC2)OC[C@H]2[C@@H](NS(=O)(=O)C3COC3)CCN12. The second-order valence-electron chi connectivity index (χ2n) is 9.01. The highest BCUT2D eigenvalue weighted by molar-refractivity contribution is 7.90. The summed E-state index contributed by atoms with van der Waals surface area (Å²) in [5, 5.41) is -0.511. The van der Waals surface area contributed by atoms with Gasteiger partial charge in [-0.1, -0.05) is 18.2 Å². The average Bonchev–Trinajstić information content (AvgIpc) is 3.11. The highest BCUT2D eigenvalue weighted by Crippen LogP contribution is 2.39. The zero-order chi connectivity index (χ0) is 21.4. The highest BCUT2D eigenvalue weighted by Gasteiger charge is 2.43. The molecule has 5 aliphatic rings. The second-order valence-corrected chi connectivity index (χ2v) is 11.0. The Morgan fingerprint density at radius 2 is 1.77 bits per heavy atom. The molecule has 0 radical (unpaired) electrons. The first-order chi connectivity index (χ1) is 15.0. The Kier molecular flexibility index (Phi) is 5.94. The van der Waals surface area contributed by atoms with Crippen molar-refractivity contribution in [1.29, 1.82) is 0 Å². The Labute approximate surface area is 183 Å². The third-order valence-electron chi connectivity index (χ3n) is 7.11. The third kappa shape index (κ3) is 4.33. The predicted octanol–water partition coefficient (Wildman–Crippen LogP) is 1.41. The van der Waals surface area contributed by atoms with Crippen LogP contribution >= 0.6 is 0 Å². The molecule has 0 unspecified atom stereocenters. The van der Waals surface area contributed by atoms with Gasteiger partial charge in [0.15, 0.2) is 6.61 Å². The Hall–Kier alpha value is -1.68. The van der Waals surface area contributed by atoms with Crippen LogP contribution in [-0.2, 0) is 24.3 Å². The molecule has 6 rings (SSSR count). The maximum Gasteiger partial charge on any atom is 0.260 e. The van der Waals surface area contributed by atoms with Gasteiger partial charge in [-0.2, -0.15) is 0 Å². The standard InChI is InChI=1S/C22H30N2O6S/c25-22-14-30-21-4-2-1-3-18(21)15-5-7-16(8-6-15)29-13-20-19(9-10-24(20)22)23-31(26,27)17-11-28-12-17/h1-4,15-17,19-20,23H,5-14H2/t15-,16+,19-,20-/m0/s1. The van der Waals surface area contributed by atoms with Gasteiger partial charge in [-0.3, -0.25) is 4.79 Å². The van der Waals surface area contributed by atoms with Gasteiger partial charge in [-0.15, -0.1) is 0 Å². The summed E-state index contributed by atoms with van der Waals surface area (Å²) in [6, 6.07) is 7.29. The second kappa shape index (κ2) is 8.69. The van der Waals surface area contributed by atoms with Crippen LogP contribution in [0.25, 0.3) is 0 Å². The molecule has 0 aromatic heterocycles. The quantitative estimate of drug-likeness (QED) is 0.748. The fourth-order valence-electron chi connectivity index (χ4n) is 5.15. The molecule has 2 bridgehead atoms. The van der Waals surface area contributed by atoms with Crippen molar-refractivity contribution in [2.75, 3.05) is 33.0 Å². The third-order valence-corrected chi connectivity index (χ3v) is 8.90. The average molecular weight is 451 g/mol. The number of para-hydroxylation sites is 1. The summed E-state index contributed by atoms with van der Waals surface area (Å²) >= 11 is 0. The smallest absolute Gasteiger partial charge is 0.260 e. The van der Waals surface area contributed by atoms with Crippen molar-refractivity contribution in [2.45, 2.75) is 61.5 Å². The molecule has 170 valence electrons. The fourth-order valence-corrected chi connectivity index (χ4v) is 6.59. The molecule has 8 nitrogen and oxygen atoms in total. The first-order valence-corrected chi connectivity index (χ1v) is 12.8. The van der Waals surface area contributed by atoms with E-state index in [4.69, 9.17) is 14.2 Å². The van der Waals surface area contributed by atoms with Crippen molar-refractivity contribution in [2.24, 2.45) is 0 Å². The Bertz CT molecular complexity index is 910. The summed E-state index contributed by atoms with van der Waals surface area (Å²) < 4.78 is 45.4. The summed E-state index contributed by atoms with van der Waals surface area (Å²) in [4.78, 5) is 14.8. The van der Waals surface area contributed by atoms with E-state index >= 15 is 0 Å². The zero-order valence-corrected chi connectivity index (χ0v) is 18.4. The number of benzene rings is 1. The minimum absolute atomic E-state index is 0.0560. The molecule has 1 saturated carbocycles. The van der Waals surface area contributed by atoms with Gasteiger partial charge in [-0.05, 0) is 49.7 Å². The molecular formula is C22H30N2O6S. The largest absolute Gasteiger partial charge is 0.483 e. The zero-order valence-electron chi connectivity index (χ0n) is 17.6. The van der Waals surface area contributed by atoms with Crippen LogP contribution in [-0.4, -0.2) is 75.6 Å². The van der Waals surface area contributed by atoms with Crippen molar-refractivity contribution in [3.05, 3.63) is 29.8 Å². The lowest BCUT2D eigenvalue weighted by atomic mass is 9.82. The lowest BCUT2D eigenvalue weighted by Gasteiger charge is -2.33. The Morgan fingerprint density at radius 3 is 2.52 bits per heavy atom. The molecule has 31 heavy (non-hydrogen) atoms. The molecule has 0 spiro atoms. The molecule has 4 heterocycles. The number of nitrogens with zero attached hydrogens (tertiary/aromatic N) is 1. The van der Waals surface area contributed by atoms with E-state index in [9.17, 15) is 13.2 Å². The van der Waals surface area contributed by atoms with Crippen molar-refractivity contribution in [3.63, 3.8) is 0 Å². The maximum absolute atomic E-state index is 13.0. The minimum Gasteiger partial charge on any atom is -0.483 e. The Morgan fingerprint density at radius 1 is 1.00 bits per heavy atom. The van der Waals surface area contributed by atoms with Gasteiger partial charge in [0.2, 0.25) is 10.0 Å². The van der Waals surface area contributed by atoms with Crippen molar-refractivity contribution in [3.8, 4) is 5.75 Å². The fraction of sp³-hybridized carbons (Fsp3) is 0.682. The number of amides is 1. The van der Waals surface area contributed by atoms with Gasteiger partial charge in [0.05, 0.1) is 32.0 Å². The number of rotatable bonds is 3.